The number of amides is 1. The monoisotopic (exact) mass is 301 g/mol. The van der Waals surface area contributed by atoms with Crippen molar-refractivity contribution in [2.45, 2.75) is 19.8 Å². The standard InChI is InChI=1S/C17H19NO4/c1-12-3-2-8-18(10-12)16(19)11-21-14-6-4-13-5-7-17(20)22-15(13)9-14/h4-7,9,12H,2-3,8,10-11H2,1H3/t12-/m1/s1. The molecule has 2 aromatic rings. The zero-order chi connectivity index (χ0) is 15.5. The predicted octanol–water partition coefficient (Wildman–Crippen LogP) is 2.43. The Morgan fingerprint density at radius 3 is 3.00 bits per heavy atom. The van der Waals surface area contributed by atoms with Gasteiger partial charge in [-0.3, -0.25) is 4.79 Å². The van der Waals surface area contributed by atoms with Crippen molar-refractivity contribution in [1.82, 2.24) is 4.90 Å². The van der Waals surface area contributed by atoms with Crippen LogP contribution in [0.2, 0.25) is 0 Å². The molecular formula is C17H19NO4. The molecule has 1 saturated heterocycles. The van der Waals surface area contributed by atoms with Crippen molar-refractivity contribution in [1.29, 1.82) is 0 Å². The smallest absolute Gasteiger partial charge is 0.336 e. The fraction of sp³-hybridized carbons (Fsp3) is 0.412. The zero-order valence-electron chi connectivity index (χ0n) is 12.6. The summed E-state index contributed by atoms with van der Waals surface area (Å²) in [5.41, 5.74) is 0.0621. The van der Waals surface area contributed by atoms with E-state index in [9.17, 15) is 9.59 Å². The largest absolute Gasteiger partial charge is 0.484 e. The summed E-state index contributed by atoms with van der Waals surface area (Å²) in [5, 5.41) is 0.822. The molecule has 5 nitrogen and oxygen atoms in total. The number of rotatable bonds is 3. The van der Waals surface area contributed by atoms with Gasteiger partial charge < -0.3 is 14.1 Å². The highest BCUT2D eigenvalue weighted by Gasteiger charge is 2.21. The van der Waals surface area contributed by atoms with E-state index in [1.54, 1.807) is 24.3 Å². The van der Waals surface area contributed by atoms with Crippen molar-refractivity contribution >= 4 is 16.9 Å². The van der Waals surface area contributed by atoms with Crippen molar-refractivity contribution in [3.63, 3.8) is 0 Å². The summed E-state index contributed by atoms with van der Waals surface area (Å²) in [6.07, 6.45) is 2.22. The quantitative estimate of drug-likeness (QED) is 0.817. The Balaban J connectivity index is 1.65. The second-order valence-electron chi connectivity index (χ2n) is 5.83. The van der Waals surface area contributed by atoms with E-state index in [1.807, 2.05) is 4.90 Å². The second kappa shape index (κ2) is 6.22. The number of nitrogens with zero attached hydrogens (tertiary/aromatic N) is 1. The molecule has 1 aromatic heterocycles. The minimum Gasteiger partial charge on any atom is -0.484 e. The maximum Gasteiger partial charge on any atom is 0.336 e. The van der Waals surface area contributed by atoms with Gasteiger partial charge in [-0.2, -0.15) is 0 Å². The summed E-state index contributed by atoms with van der Waals surface area (Å²) in [6.45, 7) is 3.77. The Hall–Kier alpha value is -2.30. The van der Waals surface area contributed by atoms with E-state index >= 15 is 0 Å². The van der Waals surface area contributed by atoms with E-state index in [0.717, 1.165) is 24.9 Å². The van der Waals surface area contributed by atoms with E-state index < -0.39 is 5.63 Å². The lowest BCUT2D eigenvalue weighted by Gasteiger charge is -2.30. The van der Waals surface area contributed by atoms with Gasteiger partial charge in [-0.1, -0.05) is 6.92 Å². The van der Waals surface area contributed by atoms with Crippen molar-refractivity contribution in [3.05, 3.63) is 40.8 Å². The molecule has 0 spiro atoms. The van der Waals surface area contributed by atoms with E-state index in [4.69, 9.17) is 9.15 Å². The summed E-state index contributed by atoms with van der Waals surface area (Å²) < 4.78 is 10.7. The Labute approximate surface area is 128 Å². The van der Waals surface area contributed by atoms with Crippen LogP contribution in [-0.4, -0.2) is 30.5 Å². The number of likely N-dealkylation sites (tertiary alicyclic amines) is 1. The lowest BCUT2D eigenvalue weighted by atomic mass is 10.0. The number of carbonyl (C=O) groups excluding carboxylic acids is 1. The summed E-state index contributed by atoms with van der Waals surface area (Å²) in [4.78, 5) is 25.2. The number of fused-ring (bicyclic) bond motifs is 1. The van der Waals surface area contributed by atoms with Crippen LogP contribution in [0.1, 0.15) is 19.8 Å². The maximum absolute atomic E-state index is 12.2. The van der Waals surface area contributed by atoms with Crippen LogP contribution in [0.4, 0.5) is 0 Å². The van der Waals surface area contributed by atoms with Crippen LogP contribution >= 0.6 is 0 Å². The molecule has 1 aliphatic heterocycles. The van der Waals surface area contributed by atoms with Gasteiger partial charge in [-0.25, -0.2) is 4.79 Å². The summed E-state index contributed by atoms with van der Waals surface area (Å²) in [7, 11) is 0. The van der Waals surface area contributed by atoms with Gasteiger partial charge >= 0.3 is 5.63 Å². The van der Waals surface area contributed by atoms with E-state index in [2.05, 4.69) is 6.92 Å². The number of carbonyl (C=O) groups is 1. The molecule has 116 valence electrons. The molecule has 1 atom stereocenters. The molecule has 0 bridgehead atoms. The molecule has 0 unspecified atom stereocenters. The number of hydrogen-bond acceptors (Lipinski definition) is 4. The summed E-state index contributed by atoms with van der Waals surface area (Å²) >= 11 is 0. The number of hydrogen-bond donors (Lipinski definition) is 0. The van der Waals surface area contributed by atoms with Gasteiger partial charge in [-0.05, 0) is 37.0 Å². The number of ether oxygens (including phenoxy) is 1. The first-order valence-corrected chi connectivity index (χ1v) is 7.56. The van der Waals surface area contributed by atoms with Crippen LogP contribution in [0.25, 0.3) is 11.0 Å². The van der Waals surface area contributed by atoms with Crippen LogP contribution in [0.5, 0.6) is 5.75 Å². The summed E-state index contributed by atoms with van der Waals surface area (Å²) in [5.74, 6) is 1.08. The highest BCUT2D eigenvalue weighted by atomic mass is 16.5. The highest BCUT2D eigenvalue weighted by Crippen LogP contribution is 2.20. The molecule has 0 saturated carbocycles. The average Bonchev–Trinajstić information content (AvgIpc) is 2.52. The van der Waals surface area contributed by atoms with Crippen LogP contribution in [-0.2, 0) is 4.79 Å². The van der Waals surface area contributed by atoms with E-state index in [0.29, 0.717) is 17.3 Å². The van der Waals surface area contributed by atoms with Crippen molar-refractivity contribution in [2.24, 2.45) is 5.92 Å². The Morgan fingerprint density at radius 2 is 2.18 bits per heavy atom. The average molecular weight is 301 g/mol. The van der Waals surface area contributed by atoms with Crippen LogP contribution < -0.4 is 10.4 Å². The molecule has 1 aromatic carbocycles. The second-order valence-corrected chi connectivity index (χ2v) is 5.83. The number of piperidine rings is 1. The van der Waals surface area contributed by atoms with Gasteiger partial charge in [0.25, 0.3) is 5.91 Å². The van der Waals surface area contributed by atoms with Gasteiger partial charge in [0.15, 0.2) is 6.61 Å². The van der Waals surface area contributed by atoms with Crippen molar-refractivity contribution < 1.29 is 13.9 Å². The van der Waals surface area contributed by atoms with Gasteiger partial charge in [-0.15, -0.1) is 0 Å². The third-order valence-corrected chi connectivity index (χ3v) is 3.97. The lowest BCUT2D eigenvalue weighted by molar-refractivity contribution is -0.135. The van der Waals surface area contributed by atoms with Crippen molar-refractivity contribution in [3.8, 4) is 5.75 Å². The minimum absolute atomic E-state index is 0.00108. The fourth-order valence-corrected chi connectivity index (χ4v) is 2.78. The van der Waals surface area contributed by atoms with Crippen LogP contribution in [0.15, 0.2) is 39.5 Å². The van der Waals surface area contributed by atoms with E-state index in [-0.39, 0.29) is 12.5 Å². The van der Waals surface area contributed by atoms with Gasteiger partial charge in [0.05, 0.1) is 0 Å². The molecule has 3 rings (SSSR count). The molecule has 2 heterocycles. The molecule has 0 N–H and O–H groups in total. The molecule has 0 radical (unpaired) electrons. The van der Waals surface area contributed by atoms with E-state index in [1.165, 1.54) is 12.5 Å². The predicted molar refractivity (Wildman–Crippen MR) is 83.0 cm³/mol. The topological polar surface area (TPSA) is 59.8 Å². The SMILES string of the molecule is C[C@@H]1CCCN(C(=O)COc2ccc3ccc(=O)oc3c2)C1. The molecular weight excluding hydrogens is 282 g/mol. The van der Waals surface area contributed by atoms with Gasteiger partial charge in [0.2, 0.25) is 0 Å². The van der Waals surface area contributed by atoms with Crippen molar-refractivity contribution in [2.75, 3.05) is 19.7 Å². The normalized spacial score (nSPS) is 18.4. The zero-order valence-corrected chi connectivity index (χ0v) is 12.6. The maximum atomic E-state index is 12.2. The van der Waals surface area contributed by atoms with Crippen LogP contribution in [0, 0.1) is 5.92 Å². The number of benzene rings is 1. The molecule has 5 heteroatoms. The minimum atomic E-state index is -0.400. The molecule has 22 heavy (non-hydrogen) atoms. The molecule has 0 aliphatic carbocycles. The lowest BCUT2D eigenvalue weighted by Crippen LogP contribution is -2.41. The summed E-state index contributed by atoms with van der Waals surface area (Å²) in [6, 6.07) is 8.30. The third kappa shape index (κ3) is 3.30. The Bertz CT molecular complexity index is 737. The first kappa shape index (κ1) is 14.6. The third-order valence-electron chi connectivity index (χ3n) is 3.97. The first-order valence-electron chi connectivity index (χ1n) is 7.56. The Morgan fingerprint density at radius 1 is 1.36 bits per heavy atom. The van der Waals surface area contributed by atoms with Gasteiger partial charge in [0.1, 0.15) is 11.3 Å². The highest BCUT2D eigenvalue weighted by molar-refractivity contribution is 5.79. The van der Waals surface area contributed by atoms with Crippen LogP contribution in [0.3, 0.4) is 0 Å². The first-order chi connectivity index (χ1) is 10.6. The molecule has 1 aliphatic rings. The fourth-order valence-electron chi connectivity index (χ4n) is 2.78. The molecule has 1 fully saturated rings. The Kier molecular flexibility index (Phi) is 4.13. The molecule has 1 amide bonds. The van der Waals surface area contributed by atoms with Gasteiger partial charge in [0, 0.05) is 30.6 Å².